The quantitative estimate of drug-likeness (QED) is 0.782. The summed E-state index contributed by atoms with van der Waals surface area (Å²) in [4.78, 5) is 29.3. The summed E-state index contributed by atoms with van der Waals surface area (Å²) in [5.74, 6) is 0.559. The Kier molecular flexibility index (Phi) is 6.54. The number of amides is 2. The van der Waals surface area contributed by atoms with Crippen LogP contribution in [0.25, 0.3) is 0 Å². The van der Waals surface area contributed by atoms with Crippen LogP contribution in [0, 0.1) is 5.92 Å². The maximum absolute atomic E-state index is 12.9. The van der Waals surface area contributed by atoms with Gasteiger partial charge in [0.15, 0.2) is 0 Å². The lowest BCUT2D eigenvalue weighted by Gasteiger charge is -2.39. The van der Waals surface area contributed by atoms with Crippen molar-refractivity contribution in [3.8, 4) is 5.75 Å². The number of nitrogens with one attached hydrogen (secondary N) is 1. The first kappa shape index (κ1) is 20.7. The van der Waals surface area contributed by atoms with E-state index in [1.807, 2.05) is 17.0 Å². The molecule has 30 heavy (non-hydrogen) atoms. The average Bonchev–Trinajstić information content (AvgIpc) is 3.31. The molecule has 0 radical (unpaired) electrons. The molecule has 2 aliphatic rings. The maximum Gasteiger partial charge on any atom is 0.271 e. The Balaban J connectivity index is 1.47. The Morgan fingerprint density at radius 1 is 1.13 bits per heavy atom. The topological polar surface area (TPSA) is 87.8 Å². The molecule has 2 aliphatic heterocycles. The average molecular weight is 433 g/mol. The van der Waals surface area contributed by atoms with E-state index < -0.39 is 0 Å². The molecule has 2 aromatic rings. The molecule has 0 bridgehead atoms. The summed E-state index contributed by atoms with van der Waals surface area (Å²) in [6, 6.07) is 8.87. The molecule has 1 aromatic heterocycles. The van der Waals surface area contributed by atoms with Gasteiger partial charge in [-0.15, -0.1) is 0 Å². The first-order chi connectivity index (χ1) is 14.6. The largest absolute Gasteiger partial charge is 0.490 e. The number of morpholine rings is 1. The minimum absolute atomic E-state index is 0.0730. The van der Waals surface area contributed by atoms with E-state index in [1.54, 1.807) is 29.3 Å². The second-order valence-electron chi connectivity index (χ2n) is 7.58. The maximum atomic E-state index is 12.9. The molecule has 8 nitrogen and oxygen atoms in total. The number of piperidine rings is 1. The third-order valence-electron chi connectivity index (χ3n) is 5.58. The summed E-state index contributed by atoms with van der Waals surface area (Å²) in [5.41, 5.74) is 0.449. The number of ether oxygens (including phenoxy) is 2. The number of hydrogen-bond acceptors (Lipinski definition) is 5. The van der Waals surface area contributed by atoms with Crippen LogP contribution in [-0.2, 0) is 9.53 Å². The number of hydrogen-bond donors (Lipinski definition) is 1. The lowest BCUT2D eigenvalue weighted by atomic mass is 9.90. The van der Waals surface area contributed by atoms with E-state index in [9.17, 15) is 9.59 Å². The minimum atomic E-state index is -0.165. The number of nitrogens with zero attached hydrogens (tertiary/aromatic N) is 3. The van der Waals surface area contributed by atoms with Crippen molar-refractivity contribution in [1.29, 1.82) is 0 Å². The van der Waals surface area contributed by atoms with Crippen LogP contribution in [0.4, 0.5) is 0 Å². The summed E-state index contributed by atoms with van der Waals surface area (Å²) < 4.78 is 11.6. The van der Waals surface area contributed by atoms with Crippen molar-refractivity contribution in [1.82, 2.24) is 20.0 Å². The van der Waals surface area contributed by atoms with Crippen LogP contribution >= 0.6 is 11.6 Å². The van der Waals surface area contributed by atoms with Crippen molar-refractivity contribution in [3.63, 3.8) is 0 Å². The summed E-state index contributed by atoms with van der Waals surface area (Å²) in [6.45, 7) is 3.33. The number of rotatable bonds is 5. The fourth-order valence-electron chi connectivity index (χ4n) is 3.95. The Morgan fingerprint density at radius 2 is 1.90 bits per heavy atom. The van der Waals surface area contributed by atoms with Gasteiger partial charge in [0.25, 0.3) is 5.91 Å². The SMILES string of the molecule is O=C(C[C@H]1CN(C(=O)c2ccn[nH]2)CC[C@@H]1Oc1ccc(Cl)cc1)N1CCOCC1. The van der Waals surface area contributed by atoms with Gasteiger partial charge >= 0.3 is 0 Å². The first-order valence-electron chi connectivity index (χ1n) is 10.2. The zero-order valence-corrected chi connectivity index (χ0v) is 17.4. The lowest BCUT2D eigenvalue weighted by molar-refractivity contribution is -0.137. The highest BCUT2D eigenvalue weighted by Crippen LogP contribution is 2.28. The molecule has 9 heteroatoms. The molecule has 1 aromatic carbocycles. The normalized spacial score (nSPS) is 22.0. The van der Waals surface area contributed by atoms with Crippen LogP contribution in [0.2, 0.25) is 5.02 Å². The monoisotopic (exact) mass is 432 g/mol. The van der Waals surface area contributed by atoms with Crippen molar-refractivity contribution in [2.45, 2.75) is 18.9 Å². The standard InChI is InChI=1S/C21H25ClN4O4/c22-16-1-3-17(4-2-16)30-19-6-8-26(21(28)18-5-7-23-24-18)14-15(19)13-20(27)25-9-11-29-12-10-25/h1-5,7,15,19H,6,8-14H2,(H,23,24)/t15-,19-/m0/s1. The van der Waals surface area contributed by atoms with Crippen LogP contribution in [0.3, 0.4) is 0 Å². The number of halogens is 1. The van der Waals surface area contributed by atoms with E-state index in [-0.39, 0.29) is 23.8 Å². The molecule has 1 N–H and O–H groups in total. The first-order valence-corrected chi connectivity index (χ1v) is 10.5. The van der Waals surface area contributed by atoms with Gasteiger partial charge in [0, 0.05) is 56.2 Å². The van der Waals surface area contributed by atoms with Crippen LogP contribution in [0.1, 0.15) is 23.3 Å². The van der Waals surface area contributed by atoms with Crippen molar-refractivity contribution >= 4 is 23.4 Å². The molecular weight excluding hydrogens is 408 g/mol. The molecule has 3 heterocycles. The van der Waals surface area contributed by atoms with Crippen molar-refractivity contribution in [3.05, 3.63) is 47.2 Å². The van der Waals surface area contributed by atoms with Gasteiger partial charge in [0.1, 0.15) is 17.5 Å². The second kappa shape index (κ2) is 9.49. The molecule has 2 amide bonds. The van der Waals surface area contributed by atoms with Gasteiger partial charge in [-0.25, -0.2) is 0 Å². The van der Waals surface area contributed by atoms with Crippen molar-refractivity contribution < 1.29 is 19.1 Å². The van der Waals surface area contributed by atoms with Gasteiger partial charge in [-0.2, -0.15) is 5.10 Å². The van der Waals surface area contributed by atoms with E-state index in [1.165, 1.54) is 0 Å². The number of H-pyrrole nitrogens is 1. The van der Waals surface area contributed by atoms with Crippen LogP contribution in [0.15, 0.2) is 36.5 Å². The second-order valence-corrected chi connectivity index (χ2v) is 8.01. The van der Waals surface area contributed by atoms with Gasteiger partial charge in [0.05, 0.1) is 13.2 Å². The highest BCUT2D eigenvalue weighted by Gasteiger charge is 2.36. The smallest absolute Gasteiger partial charge is 0.271 e. The molecule has 4 rings (SSSR count). The number of benzene rings is 1. The molecule has 0 saturated carbocycles. The van der Waals surface area contributed by atoms with Gasteiger partial charge in [-0.05, 0) is 30.3 Å². The van der Waals surface area contributed by atoms with E-state index >= 15 is 0 Å². The molecule has 2 saturated heterocycles. The van der Waals surface area contributed by atoms with Gasteiger partial charge in [-0.3, -0.25) is 14.7 Å². The number of likely N-dealkylation sites (tertiary alicyclic amines) is 1. The zero-order valence-electron chi connectivity index (χ0n) is 16.6. The highest BCUT2D eigenvalue weighted by atomic mass is 35.5. The van der Waals surface area contributed by atoms with Gasteiger partial charge in [-0.1, -0.05) is 11.6 Å². The Labute approximate surface area is 180 Å². The number of aromatic amines is 1. The Bertz CT molecular complexity index is 852. The van der Waals surface area contributed by atoms with E-state index in [0.29, 0.717) is 68.7 Å². The molecule has 160 valence electrons. The predicted octanol–water partition coefficient (Wildman–Crippen LogP) is 2.22. The predicted molar refractivity (Wildman–Crippen MR) is 110 cm³/mol. The Hall–Kier alpha value is -2.58. The summed E-state index contributed by atoms with van der Waals surface area (Å²) in [5, 5.41) is 7.23. The third-order valence-corrected chi connectivity index (χ3v) is 5.84. The number of carbonyl (C=O) groups excluding carboxylic acids is 2. The van der Waals surface area contributed by atoms with E-state index in [0.717, 1.165) is 0 Å². The van der Waals surface area contributed by atoms with E-state index in [2.05, 4.69) is 10.2 Å². The zero-order chi connectivity index (χ0) is 20.9. The summed E-state index contributed by atoms with van der Waals surface area (Å²) >= 11 is 5.97. The third kappa shape index (κ3) is 4.94. The van der Waals surface area contributed by atoms with Crippen LogP contribution in [0.5, 0.6) is 5.75 Å². The molecule has 0 unspecified atom stereocenters. The fourth-order valence-corrected chi connectivity index (χ4v) is 4.07. The summed E-state index contributed by atoms with van der Waals surface area (Å²) in [6.07, 6.45) is 2.36. The fraction of sp³-hybridized carbons (Fsp3) is 0.476. The summed E-state index contributed by atoms with van der Waals surface area (Å²) in [7, 11) is 0. The number of aromatic nitrogens is 2. The molecule has 2 atom stereocenters. The van der Waals surface area contributed by atoms with Gasteiger partial charge < -0.3 is 19.3 Å². The molecule has 2 fully saturated rings. The van der Waals surface area contributed by atoms with E-state index in [4.69, 9.17) is 21.1 Å². The highest BCUT2D eigenvalue weighted by molar-refractivity contribution is 6.30. The Morgan fingerprint density at radius 3 is 2.60 bits per heavy atom. The van der Waals surface area contributed by atoms with Crippen LogP contribution in [-0.4, -0.2) is 77.3 Å². The van der Waals surface area contributed by atoms with Crippen LogP contribution < -0.4 is 4.74 Å². The lowest BCUT2D eigenvalue weighted by Crippen LogP contribution is -2.50. The van der Waals surface area contributed by atoms with Gasteiger partial charge in [0.2, 0.25) is 5.91 Å². The molecule has 0 spiro atoms. The number of carbonyl (C=O) groups is 2. The molecule has 0 aliphatic carbocycles. The van der Waals surface area contributed by atoms with Crippen molar-refractivity contribution in [2.75, 3.05) is 39.4 Å². The minimum Gasteiger partial charge on any atom is -0.490 e. The van der Waals surface area contributed by atoms with Crippen molar-refractivity contribution in [2.24, 2.45) is 5.92 Å². The molecular formula is C21H25ClN4O4.